The highest BCUT2D eigenvalue weighted by atomic mass is 16.5. The molecule has 0 saturated heterocycles. The smallest absolute Gasteiger partial charge is 0.319 e. The highest BCUT2D eigenvalue weighted by Gasteiger charge is 2.16. The van der Waals surface area contributed by atoms with Gasteiger partial charge >= 0.3 is 6.03 Å². The van der Waals surface area contributed by atoms with E-state index >= 15 is 0 Å². The Balaban J connectivity index is 1.61. The monoisotopic (exact) mass is 357 g/mol. The molecule has 2 aromatic heterocycles. The summed E-state index contributed by atoms with van der Waals surface area (Å²) in [5.41, 5.74) is 1.71. The van der Waals surface area contributed by atoms with Gasteiger partial charge in [-0.05, 0) is 31.5 Å². The summed E-state index contributed by atoms with van der Waals surface area (Å²) < 4.78 is 8.78. The zero-order valence-electron chi connectivity index (χ0n) is 15.1. The van der Waals surface area contributed by atoms with Crippen molar-refractivity contribution < 1.29 is 9.53 Å². The molecule has 1 aromatic carbocycles. The van der Waals surface area contributed by atoms with Crippen LogP contribution in [-0.4, -0.2) is 44.3 Å². The molecule has 2 heterocycles. The quantitative estimate of drug-likeness (QED) is 0.631. The van der Waals surface area contributed by atoms with Crippen molar-refractivity contribution in [1.82, 2.24) is 29.9 Å². The molecule has 138 valence electrons. The van der Waals surface area contributed by atoms with E-state index in [2.05, 4.69) is 25.9 Å². The number of ether oxygens (including phenoxy) is 1. The third kappa shape index (κ3) is 3.99. The Kier molecular flexibility index (Phi) is 5.47. The predicted octanol–water partition coefficient (Wildman–Crippen LogP) is 2.08. The van der Waals surface area contributed by atoms with Crippen LogP contribution in [0.1, 0.15) is 25.2 Å². The number of amides is 2. The lowest BCUT2D eigenvalue weighted by Crippen LogP contribution is -2.32. The van der Waals surface area contributed by atoms with Crippen molar-refractivity contribution in [1.29, 1.82) is 0 Å². The minimum absolute atomic E-state index is 0.276. The van der Waals surface area contributed by atoms with Gasteiger partial charge in [-0.15, -0.1) is 10.2 Å². The third-order valence-electron chi connectivity index (χ3n) is 4.13. The maximum Gasteiger partial charge on any atom is 0.319 e. The van der Waals surface area contributed by atoms with Gasteiger partial charge in [-0.1, -0.05) is 0 Å². The molecule has 0 aliphatic heterocycles. The van der Waals surface area contributed by atoms with Gasteiger partial charge in [0.15, 0.2) is 5.82 Å². The van der Waals surface area contributed by atoms with Gasteiger partial charge in [0.25, 0.3) is 0 Å². The summed E-state index contributed by atoms with van der Waals surface area (Å²) in [5, 5.41) is 19.0. The Morgan fingerprint density at radius 3 is 3.04 bits per heavy atom. The molecule has 0 spiro atoms. The van der Waals surface area contributed by atoms with Crippen LogP contribution in [0.25, 0.3) is 10.9 Å². The van der Waals surface area contributed by atoms with Crippen LogP contribution in [-0.2, 0) is 18.3 Å². The number of methoxy groups -OCH3 is 1. The van der Waals surface area contributed by atoms with Crippen molar-refractivity contribution in [2.75, 3.05) is 19.0 Å². The number of hydrogen-bond donors (Lipinski definition) is 2. The fraction of sp³-hybridized carbons (Fsp3) is 0.412. The first kappa shape index (κ1) is 17.9. The zero-order chi connectivity index (χ0) is 18.5. The molecule has 0 aliphatic rings. The van der Waals surface area contributed by atoms with E-state index in [0.717, 1.165) is 23.9 Å². The van der Waals surface area contributed by atoms with Crippen LogP contribution in [0.2, 0.25) is 0 Å². The normalized spacial score (nSPS) is 12.3. The predicted molar refractivity (Wildman–Crippen MR) is 97.8 cm³/mol. The molecule has 0 fully saturated rings. The maximum atomic E-state index is 12.3. The van der Waals surface area contributed by atoms with Crippen molar-refractivity contribution in [3.8, 4) is 0 Å². The summed E-state index contributed by atoms with van der Waals surface area (Å²) in [7, 11) is 3.55. The first-order valence-electron chi connectivity index (χ1n) is 8.44. The number of aromatic nitrogens is 5. The van der Waals surface area contributed by atoms with Gasteiger partial charge in [0, 0.05) is 38.4 Å². The van der Waals surface area contributed by atoms with Gasteiger partial charge < -0.3 is 19.9 Å². The average molecular weight is 357 g/mol. The molecule has 9 heteroatoms. The van der Waals surface area contributed by atoms with Crippen LogP contribution in [0.15, 0.2) is 30.7 Å². The van der Waals surface area contributed by atoms with E-state index < -0.39 is 0 Å². The van der Waals surface area contributed by atoms with Gasteiger partial charge in [0.2, 0.25) is 0 Å². The van der Waals surface area contributed by atoms with Crippen molar-refractivity contribution in [3.05, 3.63) is 36.5 Å². The topological polar surface area (TPSA) is 98.9 Å². The van der Waals surface area contributed by atoms with Crippen LogP contribution in [0, 0.1) is 0 Å². The molecule has 1 atom stereocenters. The molecule has 9 nitrogen and oxygen atoms in total. The number of carbonyl (C=O) groups is 1. The summed E-state index contributed by atoms with van der Waals surface area (Å²) in [5.74, 6) is 0.707. The Bertz CT molecular complexity index is 886. The number of rotatable bonds is 7. The highest BCUT2D eigenvalue weighted by Crippen LogP contribution is 2.18. The molecule has 3 aromatic rings. The lowest BCUT2D eigenvalue weighted by molar-refractivity contribution is 0.189. The second-order valence-corrected chi connectivity index (χ2v) is 6.09. The van der Waals surface area contributed by atoms with E-state index in [4.69, 9.17) is 4.74 Å². The number of fused-ring (bicyclic) bond motifs is 1. The molecule has 0 aliphatic carbocycles. The maximum absolute atomic E-state index is 12.3. The van der Waals surface area contributed by atoms with Crippen molar-refractivity contribution in [2.45, 2.75) is 25.9 Å². The summed E-state index contributed by atoms with van der Waals surface area (Å²) in [6, 6.07) is 5.09. The van der Waals surface area contributed by atoms with E-state index in [9.17, 15) is 4.79 Å². The van der Waals surface area contributed by atoms with Crippen LogP contribution in [0.3, 0.4) is 0 Å². The number of aryl methyl sites for hydroxylation is 2. The Hall–Kier alpha value is -2.94. The number of carbonyl (C=O) groups excluding carboxylic acids is 1. The fourth-order valence-corrected chi connectivity index (χ4v) is 2.82. The highest BCUT2D eigenvalue weighted by molar-refractivity contribution is 5.92. The largest absolute Gasteiger partial charge is 0.385 e. The molecule has 0 unspecified atom stereocenters. The van der Waals surface area contributed by atoms with E-state index in [0.29, 0.717) is 18.1 Å². The van der Waals surface area contributed by atoms with Crippen molar-refractivity contribution >= 4 is 22.6 Å². The molecular weight excluding hydrogens is 334 g/mol. The van der Waals surface area contributed by atoms with Crippen LogP contribution < -0.4 is 10.6 Å². The second-order valence-electron chi connectivity index (χ2n) is 6.09. The number of nitrogens with one attached hydrogen (secondary N) is 2. The number of benzene rings is 1. The van der Waals surface area contributed by atoms with Crippen LogP contribution in [0.5, 0.6) is 0 Å². The number of hydrogen-bond acceptors (Lipinski definition) is 5. The first-order chi connectivity index (χ1) is 12.6. The first-order valence-corrected chi connectivity index (χ1v) is 8.44. The van der Waals surface area contributed by atoms with Crippen molar-refractivity contribution in [3.63, 3.8) is 0 Å². The van der Waals surface area contributed by atoms with Gasteiger partial charge in [-0.25, -0.2) is 4.79 Å². The SMILES string of the molecule is COCCCn1cnnc1[C@H](C)NC(=O)Nc1ccc2c(cnn2C)c1. The van der Waals surface area contributed by atoms with Gasteiger partial charge in [0.05, 0.1) is 17.8 Å². The second kappa shape index (κ2) is 7.96. The molecule has 0 radical (unpaired) electrons. The Morgan fingerprint density at radius 2 is 2.23 bits per heavy atom. The molecule has 0 saturated carbocycles. The lowest BCUT2D eigenvalue weighted by Gasteiger charge is -2.15. The number of anilines is 1. The number of nitrogens with zero attached hydrogens (tertiary/aromatic N) is 5. The minimum Gasteiger partial charge on any atom is -0.385 e. The minimum atomic E-state index is -0.299. The zero-order valence-corrected chi connectivity index (χ0v) is 15.1. The van der Waals surface area contributed by atoms with E-state index in [1.807, 2.05) is 36.7 Å². The fourth-order valence-electron chi connectivity index (χ4n) is 2.82. The van der Waals surface area contributed by atoms with E-state index in [-0.39, 0.29) is 12.1 Å². The standard InChI is InChI=1S/C17H23N7O2/c1-12(16-22-18-11-24(16)7-4-8-26-3)20-17(25)21-14-5-6-15-13(9-14)10-19-23(15)2/h5-6,9-12H,4,7-8H2,1-3H3,(H2,20,21,25)/t12-/m0/s1. The van der Waals surface area contributed by atoms with Gasteiger partial charge in [0.1, 0.15) is 6.33 Å². The molecule has 2 N–H and O–H groups in total. The molecule has 0 bridgehead atoms. The summed E-state index contributed by atoms with van der Waals surface area (Å²) in [6.45, 7) is 3.28. The van der Waals surface area contributed by atoms with Crippen LogP contribution >= 0.6 is 0 Å². The summed E-state index contributed by atoms with van der Waals surface area (Å²) in [4.78, 5) is 12.3. The molecule has 2 amide bonds. The Labute approximate surface area is 151 Å². The lowest BCUT2D eigenvalue weighted by atomic mass is 10.2. The third-order valence-corrected chi connectivity index (χ3v) is 4.13. The summed E-state index contributed by atoms with van der Waals surface area (Å²) in [6.07, 6.45) is 4.28. The van der Waals surface area contributed by atoms with Gasteiger partial charge in [-0.2, -0.15) is 5.10 Å². The van der Waals surface area contributed by atoms with E-state index in [1.165, 1.54) is 0 Å². The van der Waals surface area contributed by atoms with Crippen LogP contribution in [0.4, 0.5) is 10.5 Å². The van der Waals surface area contributed by atoms with Gasteiger partial charge in [-0.3, -0.25) is 4.68 Å². The molecule has 3 rings (SSSR count). The molecular formula is C17H23N7O2. The number of urea groups is 1. The Morgan fingerprint density at radius 1 is 1.38 bits per heavy atom. The summed E-state index contributed by atoms with van der Waals surface area (Å²) >= 11 is 0. The average Bonchev–Trinajstić information content (AvgIpc) is 3.22. The van der Waals surface area contributed by atoms with Crippen molar-refractivity contribution in [2.24, 2.45) is 7.05 Å². The van der Waals surface area contributed by atoms with E-state index in [1.54, 1.807) is 24.3 Å². The molecule has 26 heavy (non-hydrogen) atoms.